The number of carbonyl (C=O) groups is 1. The molecule has 0 heterocycles. The largest absolute Gasteiger partial charge is 0.481 e. The van der Waals surface area contributed by atoms with Gasteiger partial charge in [-0.25, -0.2) is 4.39 Å². The molecule has 0 radical (unpaired) electrons. The molecule has 1 unspecified atom stereocenters. The molecule has 98 valence electrons. The van der Waals surface area contributed by atoms with E-state index in [1.807, 2.05) is 0 Å². The Morgan fingerprint density at radius 3 is 2.72 bits per heavy atom. The molecule has 18 heavy (non-hydrogen) atoms. The molecule has 2 nitrogen and oxygen atoms in total. The van der Waals surface area contributed by atoms with Crippen molar-refractivity contribution in [2.45, 2.75) is 30.1 Å². The first-order valence-electron chi connectivity index (χ1n) is 5.77. The molecule has 0 aromatic heterocycles. The summed E-state index contributed by atoms with van der Waals surface area (Å²) in [6, 6.07) is 3.14. The van der Waals surface area contributed by atoms with Crippen molar-refractivity contribution in [3.8, 4) is 0 Å². The number of hydrogen-bond donors (Lipinski definition) is 1. The van der Waals surface area contributed by atoms with Crippen LogP contribution in [0.2, 0.25) is 5.02 Å². The Balaban J connectivity index is 2.33. The van der Waals surface area contributed by atoms with Crippen molar-refractivity contribution in [1.82, 2.24) is 0 Å². The average molecular weight is 289 g/mol. The molecule has 1 atom stereocenters. The van der Waals surface area contributed by atoms with Gasteiger partial charge in [-0.1, -0.05) is 11.6 Å². The van der Waals surface area contributed by atoms with Crippen LogP contribution in [0.3, 0.4) is 0 Å². The first-order valence-corrected chi connectivity index (χ1v) is 7.38. The zero-order chi connectivity index (χ0) is 13.3. The highest BCUT2D eigenvalue weighted by Gasteiger charge is 2.34. The van der Waals surface area contributed by atoms with Crippen LogP contribution in [-0.2, 0) is 4.79 Å². The molecule has 0 spiro atoms. The van der Waals surface area contributed by atoms with Crippen LogP contribution in [-0.4, -0.2) is 17.3 Å². The number of hydrogen-bond acceptors (Lipinski definition) is 2. The minimum atomic E-state index is -0.850. The number of benzene rings is 1. The summed E-state index contributed by atoms with van der Waals surface area (Å²) in [6.45, 7) is 0. The average Bonchev–Trinajstić information content (AvgIpc) is 3.09. The molecule has 0 amide bonds. The maximum absolute atomic E-state index is 13.8. The molecule has 1 aliphatic rings. The van der Waals surface area contributed by atoms with Crippen LogP contribution in [0.5, 0.6) is 0 Å². The third kappa shape index (κ3) is 2.98. The summed E-state index contributed by atoms with van der Waals surface area (Å²) in [6.07, 6.45) is 3.83. The fourth-order valence-electron chi connectivity index (χ4n) is 2.23. The second-order valence-corrected chi connectivity index (χ2v) is 5.78. The van der Waals surface area contributed by atoms with Gasteiger partial charge in [0.05, 0.1) is 16.3 Å². The van der Waals surface area contributed by atoms with Crippen LogP contribution >= 0.6 is 23.4 Å². The van der Waals surface area contributed by atoms with E-state index in [9.17, 15) is 9.18 Å². The molecule has 1 N–H and O–H groups in total. The van der Waals surface area contributed by atoms with Gasteiger partial charge in [0.2, 0.25) is 0 Å². The highest BCUT2D eigenvalue weighted by molar-refractivity contribution is 7.98. The summed E-state index contributed by atoms with van der Waals surface area (Å²) >= 11 is 7.29. The highest BCUT2D eigenvalue weighted by Crippen LogP contribution is 2.46. The second kappa shape index (κ2) is 5.49. The van der Waals surface area contributed by atoms with Crippen LogP contribution < -0.4 is 0 Å². The van der Waals surface area contributed by atoms with E-state index in [4.69, 9.17) is 16.7 Å². The van der Waals surface area contributed by atoms with Gasteiger partial charge in [0, 0.05) is 0 Å². The lowest BCUT2D eigenvalue weighted by Gasteiger charge is -2.16. The summed E-state index contributed by atoms with van der Waals surface area (Å²) in [5.74, 6) is -0.972. The predicted molar refractivity (Wildman–Crippen MR) is 70.9 cm³/mol. The van der Waals surface area contributed by atoms with Crippen molar-refractivity contribution in [2.75, 3.05) is 6.26 Å². The van der Waals surface area contributed by atoms with Gasteiger partial charge in [-0.2, -0.15) is 0 Å². The third-order valence-electron chi connectivity index (χ3n) is 3.24. The van der Waals surface area contributed by atoms with Gasteiger partial charge in [0.15, 0.2) is 0 Å². The molecule has 2 rings (SSSR count). The van der Waals surface area contributed by atoms with Gasteiger partial charge in [0.25, 0.3) is 0 Å². The smallest absolute Gasteiger partial charge is 0.303 e. The quantitative estimate of drug-likeness (QED) is 0.826. The standard InChI is InChI=1S/C13H14ClFO2S/c1-18-13-10(14)4-8(5-11(13)15)9(6-12(16)17)7-2-3-7/h4-5,7,9H,2-3,6H2,1H3,(H,16,17). The lowest BCUT2D eigenvalue weighted by atomic mass is 9.91. The molecule has 1 saturated carbocycles. The fraction of sp³-hybridized carbons (Fsp3) is 0.462. The summed E-state index contributed by atoms with van der Waals surface area (Å²) in [5.41, 5.74) is 0.709. The van der Waals surface area contributed by atoms with Crippen LogP contribution in [0, 0.1) is 11.7 Å². The number of rotatable bonds is 5. The van der Waals surface area contributed by atoms with Crippen molar-refractivity contribution in [2.24, 2.45) is 5.92 Å². The van der Waals surface area contributed by atoms with E-state index in [-0.39, 0.29) is 18.2 Å². The molecule has 1 aromatic rings. The monoisotopic (exact) mass is 288 g/mol. The van der Waals surface area contributed by atoms with Crippen molar-refractivity contribution in [1.29, 1.82) is 0 Å². The van der Waals surface area contributed by atoms with Gasteiger partial charge < -0.3 is 5.11 Å². The van der Waals surface area contributed by atoms with Crippen molar-refractivity contribution < 1.29 is 14.3 Å². The minimum absolute atomic E-state index is 0.0407. The Kier molecular flexibility index (Phi) is 4.17. The third-order valence-corrected chi connectivity index (χ3v) is 4.47. The van der Waals surface area contributed by atoms with Crippen molar-refractivity contribution >= 4 is 29.3 Å². The van der Waals surface area contributed by atoms with E-state index in [1.165, 1.54) is 17.8 Å². The molecule has 1 aliphatic carbocycles. The lowest BCUT2D eigenvalue weighted by Crippen LogP contribution is -2.09. The molecule has 1 aromatic carbocycles. The Labute approximate surface area is 115 Å². The fourth-order valence-corrected chi connectivity index (χ4v) is 3.19. The number of aliphatic carboxylic acids is 1. The Morgan fingerprint density at radius 1 is 1.61 bits per heavy atom. The van der Waals surface area contributed by atoms with E-state index in [2.05, 4.69) is 0 Å². The maximum Gasteiger partial charge on any atom is 0.303 e. The number of thioether (sulfide) groups is 1. The van der Waals surface area contributed by atoms with Gasteiger partial charge in [0.1, 0.15) is 5.82 Å². The summed E-state index contributed by atoms with van der Waals surface area (Å²) in [7, 11) is 0. The van der Waals surface area contributed by atoms with E-state index in [0.29, 0.717) is 21.4 Å². The predicted octanol–water partition coefficient (Wildman–Crippen LogP) is 4.17. The molecule has 0 bridgehead atoms. The van der Waals surface area contributed by atoms with E-state index in [0.717, 1.165) is 12.8 Å². The van der Waals surface area contributed by atoms with Crippen LogP contribution in [0.1, 0.15) is 30.7 Å². The van der Waals surface area contributed by atoms with Crippen LogP contribution in [0.25, 0.3) is 0 Å². The molecule has 1 fully saturated rings. The highest BCUT2D eigenvalue weighted by atomic mass is 35.5. The Hall–Kier alpha value is -0.740. The zero-order valence-corrected chi connectivity index (χ0v) is 11.5. The molecular weight excluding hydrogens is 275 g/mol. The van der Waals surface area contributed by atoms with Crippen molar-refractivity contribution in [3.05, 3.63) is 28.5 Å². The summed E-state index contributed by atoms with van der Waals surface area (Å²) in [5, 5.41) is 9.30. The molecular formula is C13H14ClFO2S. The number of halogens is 2. The first kappa shape index (κ1) is 13.7. The van der Waals surface area contributed by atoms with Crippen molar-refractivity contribution in [3.63, 3.8) is 0 Å². The molecule has 5 heteroatoms. The number of carboxylic acid groups (broad SMARTS) is 1. The summed E-state index contributed by atoms with van der Waals surface area (Å²) < 4.78 is 13.8. The zero-order valence-electron chi connectivity index (χ0n) is 9.95. The normalized spacial score (nSPS) is 16.6. The van der Waals surface area contributed by atoms with Crippen LogP contribution in [0.15, 0.2) is 17.0 Å². The minimum Gasteiger partial charge on any atom is -0.481 e. The van der Waals surface area contributed by atoms with E-state index >= 15 is 0 Å². The molecule has 0 aliphatic heterocycles. The number of carboxylic acids is 1. The van der Waals surface area contributed by atoms with Gasteiger partial charge in [-0.15, -0.1) is 11.8 Å². The lowest BCUT2D eigenvalue weighted by molar-refractivity contribution is -0.137. The van der Waals surface area contributed by atoms with Gasteiger partial charge in [-0.05, 0) is 48.6 Å². The SMILES string of the molecule is CSc1c(F)cc(C(CC(=O)O)C2CC2)cc1Cl. The van der Waals surface area contributed by atoms with Gasteiger partial charge in [-0.3, -0.25) is 4.79 Å². The Bertz CT molecular complexity index is 451. The topological polar surface area (TPSA) is 37.3 Å². The van der Waals surface area contributed by atoms with Crippen LogP contribution in [0.4, 0.5) is 4.39 Å². The summed E-state index contributed by atoms with van der Waals surface area (Å²) in [4.78, 5) is 11.3. The Morgan fingerprint density at radius 2 is 2.28 bits per heavy atom. The maximum atomic E-state index is 13.8. The van der Waals surface area contributed by atoms with E-state index in [1.54, 1.807) is 12.3 Å². The van der Waals surface area contributed by atoms with Gasteiger partial charge >= 0.3 is 5.97 Å². The second-order valence-electron chi connectivity index (χ2n) is 4.56. The first-order chi connectivity index (χ1) is 8.52. The van der Waals surface area contributed by atoms with E-state index < -0.39 is 5.97 Å². The molecule has 0 saturated heterocycles.